The van der Waals surface area contributed by atoms with E-state index in [1.54, 1.807) is 24.3 Å². The number of amides is 1. The van der Waals surface area contributed by atoms with Crippen LogP contribution in [0.4, 0.5) is 10.1 Å². The van der Waals surface area contributed by atoms with Gasteiger partial charge in [-0.3, -0.25) is 10.2 Å². The zero-order chi connectivity index (χ0) is 14.5. The number of carbonyl (C=O) groups excluding carboxylic acids is 1. The van der Waals surface area contributed by atoms with E-state index in [0.29, 0.717) is 21.9 Å². The number of thioether (sulfide) groups is 1. The van der Waals surface area contributed by atoms with E-state index in [-0.39, 0.29) is 11.7 Å². The highest BCUT2D eigenvalue weighted by atomic mass is 32.2. The lowest BCUT2D eigenvalue weighted by Gasteiger charge is -2.08. The van der Waals surface area contributed by atoms with Crippen molar-refractivity contribution in [2.75, 3.05) is 5.73 Å². The topological polar surface area (TPSA) is 81.1 Å². The molecule has 2 aromatic carbocycles. The van der Waals surface area contributed by atoms with E-state index in [9.17, 15) is 9.18 Å². The fourth-order valence-electron chi connectivity index (χ4n) is 1.74. The van der Waals surface area contributed by atoms with E-state index in [0.717, 1.165) is 5.56 Å². The third kappa shape index (κ3) is 3.28. The van der Waals surface area contributed by atoms with Crippen molar-refractivity contribution >= 4 is 23.4 Å². The van der Waals surface area contributed by atoms with Crippen LogP contribution in [0.2, 0.25) is 0 Å². The summed E-state index contributed by atoms with van der Waals surface area (Å²) in [7, 11) is 0. The van der Waals surface area contributed by atoms with Crippen LogP contribution in [-0.4, -0.2) is 5.91 Å². The fraction of sp³-hybridized carbons (Fsp3) is 0.0714. The van der Waals surface area contributed by atoms with E-state index < -0.39 is 0 Å². The number of nitrogens with two attached hydrogens (primary N) is 2. The van der Waals surface area contributed by atoms with Crippen molar-refractivity contribution in [1.82, 2.24) is 5.43 Å². The molecule has 20 heavy (non-hydrogen) atoms. The molecular weight excluding hydrogens is 277 g/mol. The van der Waals surface area contributed by atoms with Crippen LogP contribution < -0.4 is 17.0 Å². The first kappa shape index (κ1) is 14.4. The first-order chi connectivity index (χ1) is 9.61. The first-order valence-electron chi connectivity index (χ1n) is 5.88. The molecule has 0 heterocycles. The van der Waals surface area contributed by atoms with Gasteiger partial charge in [-0.05, 0) is 29.8 Å². The van der Waals surface area contributed by atoms with Crippen LogP contribution in [0.1, 0.15) is 15.9 Å². The molecular formula is C14H14FN3OS. The van der Waals surface area contributed by atoms with E-state index in [2.05, 4.69) is 5.43 Å². The Morgan fingerprint density at radius 2 is 2.00 bits per heavy atom. The van der Waals surface area contributed by atoms with Crippen LogP contribution in [0.15, 0.2) is 47.4 Å². The minimum atomic E-state index is -0.365. The number of hydrogen-bond donors (Lipinski definition) is 3. The number of anilines is 1. The van der Waals surface area contributed by atoms with Crippen LogP contribution >= 0.6 is 11.8 Å². The monoisotopic (exact) mass is 291 g/mol. The van der Waals surface area contributed by atoms with Crippen LogP contribution in [0.25, 0.3) is 0 Å². The molecule has 4 nitrogen and oxygen atoms in total. The normalized spacial score (nSPS) is 10.3. The quantitative estimate of drug-likeness (QED) is 0.265. The minimum Gasteiger partial charge on any atom is -0.399 e. The molecule has 0 atom stereocenters. The van der Waals surface area contributed by atoms with Gasteiger partial charge in [-0.15, -0.1) is 11.8 Å². The molecule has 6 heteroatoms. The molecule has 0 aliphatic heterocycles. The molecule has 0 saturated heterocycles. The summed E-state index contributed by atoms with van der Waals surface area (Å²) in [5.74, 6) is 4.88. The lowest BCUT2D eigenvalue weighted by atomic mass is 10.1. The molecule has 2 rings (SSSR count). The predicted molar refractivity (Wildman–Crippen MR) is 78.5 cm³/mol. The molecule has 0 fully saturated rings. The van der Waals surface area contributed by atoms with Gasteiger partial charge in [0.2, 0.25) is 0 Å². The fourth-order valence-corrected chi connectivity index (χ4v) is 2.66. The molecule has 0 unspecified atom stereocenters. The van der Waals surface area contributed by atoms with Gasteiger partial charge < -0.3 is 5.73 Å². The first-order valence-corrected chi connectivity index (χ1v) is 6.87. The lowest BCUT2D eigenvalue weighted by Crippen LogP contribution is -2.30. The number of nitrogens with one attached hydrogen (secondary N) is 1. The highest BCUT2D eigenvalue weighted by Crippen LogP contribution is 2.27. The average molecular weight is 291 g/mol. The molecule has 104 valence electrons. The van der Waals surface area contributed by atoms with Crippen molar-refractivity contribution in [2.24, 2.45) is 5.84 Å². The molecule has 0 radical (unpaired) electrons. The van der Waals surface area contributed by atoms with Crippen molar-refractivity contribution < 1.29 is 9.18 Å². The van der Waals surface area contributed by atoms with Gasteiger partial charge in [0.15, 0.2) is 0 Å². The molecule has 2 aromatic rings. The van der Waals surface area contributed by atoms with E-state index in [4.69, 9.17) is 11.6 Å². The van der Waals surface area contributed by atoms with Gasteiger partial charge in [0.1, 0.15) is 5.82 Å². The maximum atomic E-state index is 13.7. The summed E-state index contributed by atoms with van der Waals surface area (Å²) in [6, 6.07) is 11.6. The smallest absolute Gasteiger partial charge is 0.265 e. The molecule has 0 aliphatic carbocycles. The predicted octanol–water partition coefficient (Wildman–Crippen LogP) is 2.30. The van der Waals surface area contributed by atoms with E-state index in [1.165, 1.54) is 17.8 Å². The Hall–Kier alpha value is -2.05. The van der Waals surface area contributed by atoms with Crippen LogP contribution in [0.3, 0.4) is 0 Å². The zero-order valence-electron chi connectivity index (χ0n) is 10.6. The molecule has 5 N–H and O–H groups in total. The molecule has 0 spiro atoms. The highest BCUT2D eigenvalue weighted by molar-refractivity contribution is 7.98. The Morgan fingerprint density at radius 3 is 2.70 bits per heavy atom. The molecule has 0 aromatic heterocycles. The number of halogens is 1. The Morgan fingerprint density at radius 1 is 1.25 bits per heavy atom. The number of benzene rings is 2. The van der Waals surface area contributed by atoms with Crippen LogP contribution in [-0.2, 0) is 5.75 Å². The number of hydrogen-bond acceptors (Lipinski definition) is 4. The third-order valence-electron chi connectivity index (χ3n) is 2.73. The van der Waals surface area contributed by atoms with Crippen LogP contribution in [0, 0.1) is 5.82 Å². The van der Waals surface area contributed by atoms with Gasteiger partial charge >= 0.3 is 0 Å². The maximum Gasteiger partial charge on any atom is 0.265 e. The Labute approximate surface area is 120 Å². The maximum absolute atomic E-state index is 13.7. The Balaban J connectivity index is 2.17. The van der Waals surface area contributed by atoms with Crippen molar-refractivity contribution in [3.8, 4) is 0 Å². The second kappa shape index (κ2) is 6.40. The molecule has 0 saturated carbocycles. The number of nitrogen functional groups attached to an aromatic ring is 2. The van der Waals surface area contributed by atoms with Crippen LogP contribution in [0.5, 0.6) is 0 Å². The van der Waals surface area contributed by atoms with Crippen molar-refractivity contribution in [3.05, 3.63) is 59.4 Å². The van der Waals surface area contributed by atoms with Gasteiger partial charge in [-0.1, -0.05) is 18.2 Å². The van der Waals surface area contributed by atoms with Gasteiger partial charge in [-0.2, -0.15) is 0 Å². The summed E-state index contributed by atoms with van der Waals surface area (Å²) < 4.78 is 13.7. The summed E-state index contributed by atoms with van der Waals surface area (Å²) in [4.78, 5) is 12.1. The molecule has 0 aliphatic rings. The molecule has 0 bridgehead atoms. The van der Waals surface area contributed by atoms with E-state index in [1.807, 2.05) is 12.1 Å². The lowest BCUT2D eigenvalue weighted by molar-refractivity contribution is 0.0953. The zero-order valence-corrected chi connectivity index (χ0v) is 11.4. The van der Waals surface area contributed by atoms with E-state index >= 15 is 0 Å². The Bertz CT molecular complexity index is 634. The summed E-state index contributed by atoms with van der Waals surface area (Å²) >= 11 is 1.30. The van der Waals surface area contributed by atoms with Gasteiger partial charge in [0.25, 0.3) is 5.91 Å². The third-order valence-corrected chi connectivity index (χ3v) is 3.83. The van der Waals surface area contributed by atoms with Gasteiger partial charge in [-0.25, -0.2) is 10.2 Å². The van der Waals surface area contributed by atoms with Crippen molar-refractivity contribution in [3.63, 3.8) is 0 Å². The second-order valence-electron chi connectivity index (χ2n) is 4.11. The Kier molecular flexibility index (Phi) is 4.60. The summed E-state index contributed by atoms with van der Waals surface area (Å²) in [5, 5.41) is 0. The van der Waals surface area contributed by atoms with Gasteiger partial charge in [0, 0.05) is 21.9 Å². The summed E-state index contributed by atoms with van der Waals surface area (Å²) in [5.41, 5.74) is 9.26. The largest absolute Gasteiger partial charge is 0.399 e. The highest BCUT2D eigenvalue weighted by Gasteiger charge is 2.10. The molecule has 1 amide bonds. The number of carbonyl (C=O) groups is 1. The standard InChI is InChI=1S/C14H14FN3OS/c15-12-7-10(16)5-6-13(12)20-8-9-3-1-2-4-11(9)14(19)18-17/h1-7H,8,16-17H2,(H,18,19). The summed E-state index contributed by atoms with van der Waals surface area (Å²) in [6.45, 7) is 0. The van der Waals surface area contributed by atoms with Crippen molar-refractivity contribution in [2.45, 2.75) is 10.6 Å². The summed E-state index contributed by atoms with van der Waals surface area (Å²) in [6.07, 6.45) is 0. The van der Waals surface area contributed by atoms with Gasteiger partial charge in [0.05, 0.1) is 0 Å². The minimum absolute atomic E-state index is 0.362. The average Bonchev–Trinajstić information content (AvgIpc) is 2.46. The number of rotatable bonds is 4. The van der Waals surface area contributed by atoms with Crippen molar-refractivity contribution in [1.29, 1.82) is 0 Å². The second-order valence-corrected chi connectivity index (χ2v) is 5.13. The number of hydrazine groups is 1. The SMILES string of the molecule is NNC(=O)c1ccccc1CSc1ccc(N)cc1F.